The summed E-state index contributed by atoms with van der Waals surface area (Å²) in [6.45, 7) is 0. The van der Waals surface area contributed by atoms with Gasteiger partial charge in [0.05, 0.1) is 15.7 Å². The number of hydrogen-bond acceptors (Lipinski definition) is 2. The summed E-state index contributed by atoms with van der Waals surface area (Å²) in [6, 6.07) is 2.49. The van der Waals surface area contributed by atoms with E-state index in [4.69, 9.17) is 23.2 Å². The van der Waals surface area contributed by atoms with Crippen molar-refractivity contribution in [3.05, 3.63) is 27.7 Å². The molecule has 0 unspecified atom stereocenters. The first-order valence-corrected chi connectivity index (χ1v) is 7.53. The zero-order chi connectivity index (χ0) is 15.4. The van der Waals surface area contributed by atoms with Crippen molar-refractivity contribution in [3.8, 4) is 0 Å². The number of urea groups is 1. The summed E-state index contributed by atoms with van der Waals surface area (Å²) in [5.41, 5.74) is -0.187. The van der Waals surface area contributed by atoms with E-state index in [1.54, 1.807) is 0 Å². The number of nitrogens with one attached hydrogen (secondary N) is 2. The maximum atomic E-state index is 12.0. The molecular formula is C14H16Cl2N2O3. The number of aromatic carboxylic acids is 1. The van der Waals surface area contributed by atoms with Crippen molar-refractivity contribution in [1.82, 2.24) is 5.32 Å². The highest BCUT2D eigenvalue weighted by molar-refractivity contribution is 6.38. The minimum Gasteiger partial charge on any atom is -0.478 e. The number of carbonyl (C=O) groups excluding carboxylic acids is 1. The molecule has 2 rings (SSSR count). The Kier molecular flexibility index (Phi) is 5.31. The highest BCUT2D eigenvalue weighted by Gasteiger charge is 2.21. The lowest BCUT2D eigenvalue weighted by Gasteiger charge is -2.23. The van der Waals surface area contributed by atoms with Crippen LogP contribution in [0.25, 0.3) is 0 Å². The number of amides is 2. The summed E-state index contributed by atoms with van der Waals surface area (Å²) in [7, 11) is 0. The maximum Gasteiger partial charge on any atom is 0.339 e. The molecule has 0 spiro atoms. The second-order valence-electron chi connectivity index (χ2n) is 5.02. The minimum absolute atomic E-state index is 0.0185. The quantitative estimate of drug-likeness (QED) is 0.779. The summed E-state index contributed by atoms with van der Waals surface area (Å²) >= 11 is 11.8. The summed E-state index contributed by atoms with van der Waals surface area (Å²) in [5.74, 6) is -1.24. The molecule has 7 heteroatoms. The first-order chi connectivity index (χ1) is 9.99. The monoisotopic (exact) mass is 330 g/mol. The van der Waals surface area contributed by atoms with Crippen molar-refractivity contribution in [2.24, 2.45) is 0 Å². The molecule has 0 bridgehead atoms. The first kappa shape index (κ1) is 15.9. The van der Waals surface area contributed by atoms with Gasteiger partial charge in [-0.2, -0.15) is 0 Å². The van der Waals surface area contributed by atoms with Gasteiger partial charge in [0, 0.05) is 6.04 Å². The summed E-state index contributed by atoms with van der Waals surface area (Å²) in [4.78, 5) is 23.3. The molecule has 2 amide bonds. The van der Waals surface area contributed by atoms with Crippen LogP contribution in [0.1, 0.15) is 42.5 Å². The van der Waals surface area contributed by atoms with Gasteiger partial charge in [0.2, 0.25) is 0 Å². The van der Waals surface area contributed by atoms with E-state index >= 15 is 0 Å². The van der Waals surface area contributed by atoms with Crippen molar-refractivity contribution in [2.75, 3.05) is 5.32 Å². The predicted molar refractivity (Wildman–Crippen MR) is 82.4 cm³/mol. The highest BCUT2D eigenvalue weighted by atomic mass is 35.5. The smallest absolute Gasteiger partial charge is 0.339 e. The molecular weight excluding hydrogens is 315 g/mol. The van der Waals surface area contributed by atoms with Gasteiger partial charge in [-0.15, -0.1) is 0 Å². The molecule has 1 aliphatic carbocycles. The number of halogens is 2. The van der Waals surface area contributed by atoms with Crippen LogP contribution in [0.5, 0.6) is 0 Å². The Hall–Kier alpha value is -1.46. The molecule has 0 heterocycles. The van der Waals surface area contributed by atoms with Gasteiger partial charge in [-0.25, -0.2) is 9.59 Å². The van der Waals surface area contributed by atoms with Gasteiger partial charge >= 0.3 is 12.0 Å². The van der Waals surface area contributed by atoms with E-state index < -0.39 is 12.0 Å². The maximum absolute atomic E-state index is 12.0. The number of carbonyl (C=O) groups is 2. The van der Waals surface area contributed by atoms with E-state index in [2.05, 4.69) is 10.6 Å². The molecule has 1 aliphatic rings. The number of carboxylic acid groups (broad SMARTS) is 1. The highest BCUT2D eigenvalue weighted by Crippen LogP contribution is 2.32. The molecule has 0 aromatic heterocycles. The Balaban J connectivity index is 2.13. The van der Waals surface area contributed by atoms with E-state index in [0.717, 1.165) is 25.7 Å². The Morgan fingerprint density at radius 2 is 1.71 bits per heavy atom. The Morgan fingerprint density at radius 3 is 2.33 bits per heavy atom. The van der Waals surface area contributed by atoms with E-state index in [1.807, 2.05) is 0 Å². The lowest BCUT2D eigenvalue weighted by Crippen LogP contribution is -2.39. The third kappa shape index (κ3) is 4.02. The minimum atomic E-state index is -1.24. The zero-order valence-electron chi connectivity index (χ0n) is 11.3. The number of rotatable bonds is 3. The van der Waals surface area contributed by atoms with Crippen molar-refractivity contribution in [2.45, 2.75) is 38.1 Å². The van der Waals surface area contributed by atoms with E-state index in [0.29, 0.717) is 0 Å². The van der Waals surface area contributed by atoms with E-state index in [9.17, 15) is 14.7 Å². The average Bonchev–Trinajstić information content (AvgIpc) is 2.43. The largest absolute Gasteiger partial charge is 0.478 e. The fourth-order valence-corrected chi connectivity index (χ4v) is 2.91. The Morgan fingerprint density at radius 1 is 1.10 bits per heavy atom. The van der Waals surface area contributed by atoms with Crippen molar-refractivity contribution in [3.63, 3.8) is 0 Å². The third-order valence-electron chi connectivity index (χ3n) is 3.50. The topological polar surface area (TPSA) is 78.4 Å². The van der Waals surface area contributed by atoms with Crippen LogP contribution in [0.4, 0.5) is 10.5 Å². The van der Waals surface area contributed by atoms with Crippen molar-refractivity contribution < 1.29 is 14.7 Å². The van der Waals surface area contributed by atoms with Gasteiger partial charge < -0.3 is 15.7 Å². The number of anilines is 1. The Labute approximate surface area is 132 Å². The first-order valence-electron chi connectivity index (χ1n) is 6.78. The van der Waals surface area contributed by atoms with Crippen LogP contribution in [0.15, 0.2) is 12.1 Å². The molecule has 1 saturated carbocycles. The SMILES string of the molecule is O=C(Nc1c(Cl)ccc(Cl)c1C(=O)O)NC1CCCCC1. The van der Waals surface area contributed by atoms with Gasteiger partial charge in [-0.3, -0.25) is 0 Å². The number of hydrogen-bond donors (Lipinski definition) is 3. The molecule has 1 aromatic carbocycles. The lowest BCUT2D eigenvalue weighted by atomic mass is 9.96. The molecule has 5 nitrogen and oxygen atoms in total. The molecule has 0 saturated heterocycles. The van der Waals surface area contributed by atoms with Crippen LogP contribution in [-0.4, -0.2) is 23.1 Å². The molecule has 1 aromatic rings. The van der Waals surface area contributed by atoms with Crippen LogP contribution in [0, 0.1) is 0 Å². The molecule has 21 heavy (non-hydrogen) atoms. The normalized spacial score (nSPS) is 15.5. The zero-order valence-corrected chi connectivity index (χ0v) is 12.8. The summed E-state index contributed by atoms with van der Waals surface area (Å²) in [5, 5.41) is 14.7. The van der Waals surface area contributed by atoms with Crippen molar-refractivity contribution in [1.29, 1.82) is 0 Å². The molecule has 0 atom stereocenters. The average molecular weight is 331 g/mol. The van der Waals surface area contributed by atoms with Gasteiger partial charge in [0.15, 0.2) is 0 Å². The molecule has 0 radical (unpaired) electrons. The number of carboxylic acids is 1. The van der Waals surface area contributed by atoms with E-state index in [-0.39, 0.29) is 27.3 Å². The van der Waals surface area contributed by atoms with Gasteiger partial charge in [0.25, 0.3) is 0 Å². The van der Waals surface area contributed by atoms with Crippen LogP contribution in [0.2, 0.25) is 10.0 Å². The molecule has 114 valence electrons. The third-order valence-corrected chi connectivity index (χ3v) is 4.13. The summed E-state index contributed by atoms with van der Waals surface area (Å²) in [6.07, 6.45) is 5.22. The molecule has 1 fully saturated rings. The fraction of sp³-hybridized carbons (Fsp3) is 0.429. The number of benzene rings is 1. The van der Waals surface area contributed by atoms with Gasteiger partial charge in [-0.05, 0) is 25.0 Å². The second kappa shape index (κ2) is 7.00. The molecule has 3 N–H and O–H groups in total. The van der Waals surface area contributed by atoms with Gasteiger partial charge in [0.1, 0.15) is 5.56 Å². The fourth-order valence-electron chi connectivity index (χ4n) is 2.47. The van der Waals surface area contributed by atoms with Crippen LogP contribution >= 0.6 is 23.2 Å². The van der Waals surface area contributed by atoms with E-state index in [1.165, 1.54) is 18.6 Å². The van der Waals surface area contributed by atoms with Crippen LogP contribution in [0.3, 0.4) is 0 Å². The summed E-state index contributed by atoms with van der Waals surface area (Å²) < 4.78 is 0. The van der Waals surface area contributed by atoms with Crippen LogP contribution < -0.4 is 10.6 Å². The van der Waals surface area contributed by atoms with Crippen molar-refractivity contribution >= 4 is 40.9 Å². The van der Waals surface area contributed by atoms with Gasteiger partial charge in [-0.1, -0.05) is 42.5 Å². The van der Waals surface area contributed by atoms with Crippen LogP contribution in [-0.2, 0) is 0 Å². The Bertz CT molecular complexity index is 557. The standard InChI is InChI=1S/C14H16Cl2N2O3/c15-9-6-7-10(16)12(11(9)13(19)20)18-14(21)17-8-4-2-1-3-5-8/h6-8H,1-5H2,(H,19,20)(H2,17,18,21). The second-order valence-corrected chi connectivity index (χ2v) is 5.83. The lowest BCUT2D eigenvalue weighted by molar-refractivity contribution is 0.0698. The predicted octanol–water partition coefficient (Wildman–Crippen LogP) is 4.15. The molecule has 0 aliphatic heterocycles.